The molecule has 3 N–H and O–H groups in total. The number of nitrogens with one attached hydrogen (secondary N) is 1. The van der Waals surface area contributed by atoms with E-state index in [4.69, 9.17) is 5.73 Å². The third-order valence-corrected chi connectivity index (χ3v) is 4.31. The molecule has 0 spiro atoms. The van der Waals surface area contributed by atoms with Crippen molar-refractivity contribution in [3.63, 3.8) is 0 Å². The molecule has 0 bridgehead atoms. The number of urea groups is 1. The highest BCUT2D eigenvalue weighted by Crippen LogP contribution is 2.34. The van der Waals surface area contributed by atoms with Gasteiger partial charge in [-0.2, -0.15) is 0 Å². The summed E-state index contributed by atoms with van der Waals surface area (Å²) in [5, 5.41) is 2.24. The molecule has 1 heterocycles. The summed E-state index contributed by atoms with van der Waals surface area (Å²) in [6.45, 7) is 2.81. The molecule has 0 aromatic heterocycles. The fourth-order valence-corrected chi connectivity index (χ4v) is 3.32. The van der Waals surface area contributed by atoms with E-state index < -0.39 is 18.0 Å². The number of fused-ring (bicyclic) bond motifs is 1. The minimum absolute atomic E-state index is 0.401. The Morgan fingerprint density at radius 1 is 1.17 bits per heavy atom. The maximum atomic E-state index is 12.7. The molecule has 5 heteroatoms. The molecule has 5 nitrogen and oxygen atoms in total. The van der Waals surface area contributed by atoms with Crippen LogP contribution in [-0.4, -0.2) is 18.5 Å². The number of aryl methyl sites for hydroxylation is 2. The highest BCUT2D eigenvalue weighted by molar-refractivity contribution is 5.98. The SMILES string of the molecule is Cc1ccc2c(c1)CCCN2[C@H](C(=O)NC(N)=O)c1ccccc1. The average molecular weight is 323 g/mol. The Labute approximate surface area is 141 Å². The van der Waals surface area contributed by atoms with Gasteiger partial charge in [0.15, 0.2) is 0 Å². The maximum absolute atomic E-state index is 12.7. The second kappa shape index (κ2) is 6.74. The van der Waals surface area contributed by atoms with Gasteiger partial charge in [0.25, 0.3) is 5.91 Å². The van der Waals surface area contributed by atoms with Gasteiger partial charge in [-0.25, -0.2) is 4.79 Å². The number of amides is 3. The lowest BCUT2D eigenvalue weighted by Gasteiger charge is -2.37. The summed E-state index contributed by atoms with van der Waals surface area (Å²) >= 11 is 0. The zero-order chi connectivity index (χ0) is 17.1. The first-order valence-electron chi connectivity index (χ1n) is 8.07. The van der Waals surface area contributed by atoms with Gasteiger partial charge in [-0.3, -0.25) is 10.1 Å². The summed E-state index contributed by atoms with van der Waals surface area (Å²) in [7, 11) is 0. The maximum Gasteiger partial charge on any atom is 0.318 e. The van der Waals surface area contributed by atoms with Gasteiger partial charge in [-0.1, -0.05) is 48.0 Å². The summed E-state index contributed by atoms with van der Waals surface area (Å²) in [5.74, 6) is -0.401. The summed E-state index contributed by atoms with van der Waals surface area (Å²) in [6, 6.07) is 14.3. The average Bonchev–Trinajstić information content (AvgIpc) is 2.55. The lowest BCUT2D eigenvalue weighted by Crippen LogP contribution is -2.46. The van der Waals surface area contributed by atoms with Gasteiger partial charge in [0, 0.05) is 12.2 Å². The molecule has 0 unspecified atom stereocenters. The van der Waals surface area contributed by atoms with Crippen LogP contribution >= 0.6 is 0 Å². The van der Waals surface area contributed by atoms with Crippen LogP contribution in [0.15, 0.2) is 48.5 Å². The number of hydrogen-bond donors (Lipinski definition) is 2. The summed E-state index contributed by atoms with van der Waals surface area (Å²) in [6.07, 6.45) is 1.95. The van der Waals surface area contributed by atoms with Crippen molar-refractivity contribution in [1.29, 1.82) is 0 Å². The lowest BCUT2D eigenvalue weighted by atomic mass is 9.95. The van der Waals surface area contributed by atoms with Crippen molar-refractivity contribution >= 4 is 17.6 Å². The van der Waals surface area contributed by atoms with Gasteiger partial charge in [-0.15, -0.1) is 0 Å². The van der Waals surface area contributed by atoms with Crippen molar-refractivity contribution in [2.24, 2.45) is 5.73 Å². The molecule has 3 amide bonds. The summed E-state index contributed by atoms with van der Waals surface area (Å²) in [5.41, 5.74) is 9.48. The van der Waals surface area contributed by atoms with E-state index in [-0.39, 0.29) is 0 Å². The van der Waals surface area contributed by atoms with Crippen LogP contribution in [0.3, 0.4) is 0 Å². The van der Waals surface area contributed by atoms with Crippen LogP contribution in [0.4, 0.5) is 10.5 Å². The molecule has 24 heavy (non-hydrogen) atoms. The van der Waals surface area contributed by atoms with Crippen LogP contribution in [0.2, 0.25) is 0 Å². The number of nitrogens with zero attached hydrogens (tertiary/aromatic N) is 1. The van der Waals surface area contributed by atoms with Gasteiger partial charge < -0.3 is 10.6 Å². The number of imide groups is 1. The molecular formula is C19H21N3O2. The second-order valence-electron chi connectivity index (χ2n) is 6.10. The predicted molar refractivity (Wildman–Crippen MR) is 93.8 cm³/mol. The molecular weight excluding hydrogens is 302 g/mol. The minimum atomic E-state index is -0.831. The van der Waals surface area contributed by atoms with E-state index in [0.717, 1.165) is 30.6 Å². The largest absolute Gasteiger partial charge is 0.356 e. The number of hydrogen-bond acceptors (Lipinski definition) is 3. The fourth-order valence-electron chi connectivity index (χ4n) is 3.32. The number of anilines is 1. The van der Waals surface area contributed by atoms with Gasteiger partial charge in [0.1, 0.15) is 6.04 Å². The highest BCUT2D eigenvalue weighted by atomic mass is 16.2. The number of rotatable bonds is 3. The summed E-state index contributed by atoms with van der Waals surface area (Å²) in [4.78, 5) is 25.9. The number of carbonyl (C=O) groups is 2. The van der Waals surface area contributed by atoms with Crippen molar-refractivity contribution < 1.29 is 9.59 Å². The van der Waals surface area contributed by atoms with Crippen molar-refractivity contribution in [3.8, 4) is 0 Å². The Bertz CT molecular complexity index is 758. The van der Waals surface area contributed by atoms with Gasteiger partial charge >= 0.3 is 6.03 Å². The van der Waals surface area contributed by atoms with Crippen molar-refractivity contribution in [2.45, 2.75) is 25.8 Å². The molecule has 0 fully saturated rings. The van der Waals surface area contributed by atoms with E-state index in [9.17, 15) is 9.59 Å². The highest BCUT2D eigenvalue weighted by Gasteiger charge is 2.31. The van der Waals surface area contributed by atoms with Crippen LogP contribution in [0.5, 0.6) is 0 Å². The quantitative estimate of drug-likeness (QED) is 0.912. The van der Waals surface area contributed by atoms with E-state index in [1.807, 2.05) is 36.4 Å². The van der Waals surface area contributed by atoms with E-state index >= 15 is 0 Å². The first-order valence-corrected chi connectivity index (χ1v) is 8.07. The topological polar surface area (TPSA) is 75.4 Å². The first kappa shape index (κ1) is 16.1. The van der Waals surface area contributed by atoms with Gasteiger partial charge in [0.05, 0.1) is 0 Å². The predicted octanol–water partition coefficient (Wildman–Crippen LogP) is 2.68. The van der Waals surface area contributed by atoms with Crippen LogP contribution in [-0.2, 0) is 11.2 Å². The molecule has 2 aromatic rings. The molecule has 0 radical (unpaired) electrons. The normalized spacial score (nSPS) is 14.6. The second-order valence-corrected chi connectivity index (χ2v) is 6.10. The standard InChI is InChI=1S/C19H21N3O2/c1-13-9-10-16-15(12-13)8-5-11-22(16)17(18(23)21-19(20)24)14-6-3-2-4-7-14/h2-4,6-7,9-10,12,17H,5,8,11H2,1H3,(H3,20,21,23,24)/t17-/m0/s1. The van der Waals surface area contributed by atoms with Crippen LogP contribution < -0.4 is 16.0 Å². The molecule has 1 aliphatic rings. The van der Waals surface area contributed by atoms with E-state index in [2.05, 4.69) is 29.3 Å². The first-order chi connectivity index (χ1) is 11.6. The molecule has 1 atom stereocenters. The molecule has 124 valence electrons. The van der Waals surface area contributed by atoms with Crippen LogP contribution in [0.25, 0.3) is 0 Å². The number of primary amides is 1. The monoisotopic (exact) mass is 323 g/mol. The van der Waals surface area contributed by atoms with E-state index in [1.165, 1.54) is 11.1 Å². The van der Waals surface area contributed by atoms with E-state index in [0.29, 0.717) is 0 Å². The Kier molecular flexibility index (Phi) is 4.51. The van der Waals surface area contributed by atoms with Crippen molar-refractivity contribution in [3.05, 3.63) is 65.2 Å². The molecule has 1 aliphatic heterocycles. The van der Waals surface area contributed by atoms with E-state index in [1.54, 1.807) is 0 Å². The fraction of sp³-hybridized carbons (Fsp3) is 0.263. The van der Waals surface area contributed by atoms with Crippen LogP contribution in [0.1, 0.15) is 29.2 Å². The Morgan fingerprint density at radius 2 is 1.92 bits per heavy atom. The lowest BCUT2D eigenvalue weighted by molar-refractivity contribution is -0.121. The third-order valence-electron chi connectivity index (χ3n) is 4.31. The van der Waals surface area contributed by atoms with Crippen molar-refractivity contribution in [2.75, 3.05) is 11.4 Å². The van der Waals surface area contributed by atoms with Crippen LogP contribution in [0, 0.1) is 6.92 Å². The van der Waals surface area contributed by atoms with Gasteiger partial charge in [0.2, 0.25) is 0 Å². The Morgan fingerprint density at radius 3 is 2.62 bits per heavy atom. The number of benzene rings is 2. The molecule has 2 aromatic carbocycles. The van der Waals surface area contributed by atoms with Crippen molar-refractivity contribution in [1.82, 2.24) is 5.32 Å². The molecule has 0 aliphatic carbocycles. The molecule has 3 rings (SSSR count). The smallest absolute Gasteiger partial charge is 0.318 e. The Balaban J connectivity index is 2.04. The summed E-state index contributed by atoms with van der Waals surface area (Å²) < 4.78 is 0. The zero-order valence-corrected chi connectivity index (χ0v) is 13.7. The molecule has 0 saturated heterocycles. The third kappa shape index (κ3) is 3.25. The molecule has 0 saturated carbocycles. The van der Waals surface area contributed by atoms with Gasteiger partial charge in [-0.05, 0) is 37.0 Å². The number of carbonyl (C=O) groups excluding carboxylic acids is 2. The minimum Gasteiger partial charge on any atom is -0.356 e. The Hall–Kier alpha value is -2.82. The zero-order valence-electron chi connectivity index (χ0n) is 13.7. The number of nitrogens with two attached hydrogens (primary N) is 1.